The third-order valence-corrected chi connectivity index (χ3v) is 8.32. The Balaban J connectivity index is 1.73. The van der Waals surface area contributed by atoms with Gasteiger partial charge in [-0.25, -0.2) is 9.78 Å². The highest BCUT2D eigenvalue weighted by molar-refractivity contribution is 7.15. The maximum atomic E-state index is 14.5. The first-order chi connectivity index (χ1) is 20.2. The molecule has 0 aliphatic heterocycles. The summed E-state index contributed by atoms with van der Waals surface area (Å²) >= 11 is 0.553. The molecule has 0 fully saturated rings. The third kappa shape index (κ3) is 4.50. The Morgan fingerprint density at radius 2 is 1.33 bits per heavy atom. The lowest BCUT2D eigenvalue weighted by Gasteiger charge is -2.37. The Kier molecular flexibility index (Phi) is 6.78. The molecule has 42 heavy (non-hydrogen) atoms. The molecule has 0 amide bonds. The van der Waals surface area contributed by atoms with E-state index in [9.17, 15) is 27.9 Å². The summed E-state index contributed by atoms with van der Waals surface area (Å²) in [6.07, 6.45) is -3.09. The van der Waals surface area contributed by atoms with E-state index >= 15 is 0 Å². The van der Waals surface area contributed by atoms with Crippen molar-refractivity contribution in [3.05, 3.63) is 147 Å². The Bertz CT molecular complexity index is 1850. The second kappa shape index (κ2) is 10.5. The number of hydrogen-bond acceptors (Lipinski definition) is 4. The van der Waals surface area contributed by atoms with Gasteiger partial charge in [-0.2, -0.15) is 13.2 Å². The quantitative estimate of drug-likeness (QED) is 0.208. The lowest BCUT2D eigenvalue weighted by molar-refractivity contribution is -0.137. The summed E-state index contributed by atoms with van der Waals surface area (Å²) in [5.74, 6) is -1.25. The number of imidazole rings is 1. The molecule has 0 saturated heterocycles. The molecule has 6 rings (SSSR count). The molecule has 0 radical (unpaired) electrons. The molecule has 6 nitrogen and oxygen atoms in total. The van der Waals surface area contributed by atoms with E-state index < -0.39 is 34.8 Å². The summed E-state index contributed by atoms with van der Waals surface area (Å²) in [6.45, 7) is -0.667. The summed E-state index contributed by atoms with van der Waals surface area (Å²) in [5.41, 5.74) is 1.01. The Hall–Kier alpha value is -4.96. The molecule has 3 heterocycles. The number of hydrogen-bond donors (Lipinski definition) is 1. The minimum atomic E-state index is -4.50. The molecule has 0 aliphatic rings. The molecule has 0 unspecified atom stereocenters. The molecule has 0 bridgehead atoms. The van der Waals surface area contributed by atoms with Crippen LogP contribution in [0.1, 0.15) is 21.6 Å². The van der Waals surface area contributed by atoms with Crippen LogP contribution in [0.5, 0.6) is 0 Å². The van der Waals surface area contributed by atoms with Crippen LogP contribution in [0.25, 0.3) is 21.6 Å². The van der Waals surface area contributed by atoms with E-state index in [0.717, 1.165) is 27.3 Å². The van der Waals surface area contributed by atoms with Gasteiger partial charge in [0.15, 0.2) is 5.65 Å². The number of carboxylic acid groups (broad SMARTS) is 1. The second-order valence-electron chi connectivity index (χ2n) is 9.63. The van der Waals surface area contributed by atoms with E-state index in [1.165, 1.54) is 22.9 Å². The van der Waals surface area contributed by atoms with Crippen LogP contribution >= 0.6 is 11.3 Å². The van der Waals surface area contributed by atoms with E-state index in [4.69, 9.17) is 0 Å². The fourth-order valence-corrected chi connectivity index (χ4v) is 6.28. The maximum absolute atomic E-state index is 14.5. The van der Waals surface area contributed by atoms with Gasteiger partial charge in [-0.3, -0.25) is 13.9 Å². The van der Waals surface area contributed by atoms with Crippen LogP contribution in [0.3, 0.4) is 0 Å². The number of fused-ring (bicyclic) bond motifs is 1. The highest BCUT2D eigenvalue weighted by Crippen LogP contribution is 2.43. The van der Waals surface area contributed by atoms with E-state index in [0.29, 0.717) is 21.8 Å². The van der Waals surface area contributed by atoms with Crippen molar-refractivity contribution in [2.24, 2.45) is 0 Å². The van der Waals surface area contributed by atoms with E-state index in [-0.39, 0.29) is 11.2 Å². The number of pyridine rings is 1. The fourth-order valence-electron chi connectivity index (χ4n) is 5.43. The lowest BCUT2D eigenvalue weighted by atomic mass is 9.76. The van der Waals surface area contributed by atoms with Gasteiger partial charge in [-0.15, -0.1) is 11.3 Å². The lowest BCUT2D eigenvalue weighted by Crippen LogP contribution is -2.45. The fraction of sp³-hybridized carbons (Fsp3) is 0.0938. The van der Waals surface area contributed by atoms with Gasteiger partial charge in [0, 0.05) is 16.6 Å². The zero-order valence-corrected chi connectivity index (χ0v) is 22.6. The van der Waals surface area contributed by atoms with E-state index in [2.05, 4.69) is 4.98 Å². The Morgan fingerprint density at radius 3 is 1.79 bits per heavy atom. The number of rotatable bonds is 7. The summed E-state index contributed by atoms with van der Waals surface area (Å²) in [7, 11) is 0. The van der Waals surface area contributed by atoms with Gasteiger partial charge in [-0.1, -0.05) is 91.0 Å². The number of aliphatic carboxylic acids is 1. The number of carbonyl (C=O) groups is 1. The van der Waals surface area contributed by atoms with Crippen molar-refractivity contribution in [3.63, 3.8) is 0 Å². The number of aromatic nitrogens is 3. The number of thiophene rings is 1. The molecule has 0 aliphatic carbocycles. The van der Waals surface area contributed by atoms with Crippen LogP contribution < -0.4 is 5.69 Å². The van der Waals surface area contributed by atoms with E-state index in [1.54, 1.807) is 0 Å². The molecule has 210 valence electrons. The van der Waals surface area contributed by atoms with Gasteiger partial charge in [0.1, 0.15) is 17.0 Å². The predicted octanol–water partition coefficient (Wildman–Crippen LogP) is 6.87. The molecule has 1 N–H and O–H groups in total. The van der Waals surface area contributed by atoms with Crippen molar-refractivity contribution in [2.45, 2.75) is 18.3 Å². The first-order valence-corrected chi connectivity index (χ1v) is 13.7. The zero-order chi connectivity index (χ0) is 29.5. The van der Waals surface area contributed by atoms with Crippen LogP contribution in [0.2, 0.25) is 0 Å². The Labute approximate surface area is 241 Å². The van der Waals surface area contributed by atoms with Crippen molar-refractivity contribution in [1.29, 1.82) is 0 Å². The minimum absolute atomic E-state index is 0.189. The molecular formula is C32H22F3N3O3S. The molecule has 10 heteroatoms. The topological polar surface area (TPSA) is 77.1 Å². The van der Waals surface area contributed by atoms with Gasteiger partial charge >= 0.3 is 17.8 Å². The van der Waals surface area contributed by atoms with Crippen molar-refractivity contribution in [2.75, 3.05) is 0 Å². The van der Waals surface area contributed by atoms with Gasteiger partial charge in [0.2, 0.25) is 0 Å². The molecule has 6 aromatic rings. The van der Waals surface area contributed by atoms with Gasteiger partial charge in [-0.05, 0) is 34.9 Å². The first kappa shape index (κ1) is 27.2. The smallest absolute Gasteiger partial charge is 0.425 e. The minimum Gasteiger partial charge on any atom is -0.480 e. The number of halogens is 3. The third-order valence-electron chi connectivity index (χ3n) is 7.15. The standard InChI is InChI=1S/C32H22F3N3O3S/c33-32(34,35)27-17-16-26(42-27)21-18-25-29(36-19-21)38(30(41)37(25)20-28(39)40)31(22-10-4-1-5-11-22,23-12-6-2-7-13-23)24-14-8-3-9-15-24/h1-19H,20H2,(H,39,40). The molecule has 0 atom stereocenters. The highest BCUT2D eigenvalue weighted by atomic mass is 32.1. The average Bonchev–Trinajstić information content (AvgIpc) is 3.60. The Morgan fingerprint density at radius 1 is 0.810 bits per heavy atom. The second-order valence-corrected chi connectivity index (χ2v) is 10.7. The molecule has 0 saturated carbocycles. The van der Waals surface area contributed by atoms with E-state index in [1.807, 2.05) is 91.0 Å². The van der Waals surface area contributed by atoms with Crippen molar-refractivity contribution < 1.29 is 23.1 Å². The highest BCUT2D eigenvalue weighted by Gasteiger charge is 2.42. The van der Waals surface area contributed by atoms with Gasteiger partial charge < -0.3 is 5.11 Å². The normalized spacial score (nSPS) is 12.1. The average molecular weight is 586 g/mol. The van der Waals surface area contributed by atoms with Crippen LogP contribution in [0.15, 0.2) is 120 Å². The zero-order valence-electron chi connectivity index (χ0n) is 21.8. The van der Waals surface area contributed by atoms with Gasteiger partial charge in [0.05, 0.1) is 5.52 Å². The summed E-state index contributed by atoms with van der Waals surface area (Å²) in [5, 5.41) is 9.78. The monoisotopic (exact) mass is 585 g/mol. The van der Waals surface area contributed by atoms with Crippen LogP contribution in [-0.4, -0.2) is 25.2 Å². The largest absolute Gasteiger partial charge is 0.480 e. The number of alkyl halides is 3. The van der Waals surface area contributed by atoms with Crippen LogP contribution in [0.4, 0.5) is 13.2 Å². The molecule has 0 spiro atoms. The first-order valence-electron chi connectivity index (χ1n) is 12.9. The number of nitrogens with zero attached hydrogens (tertiary/aromatic N) is 3. The number of benzene rings is 3. The van der Waals surface area contributed by atoms with Crippen molar-refractivity contribution >= 4 is 28.5 Å². The maximum Gasteiger partial charge on any atom is 0.425 e. The van der Waals surface area contributed by atoms with Crippen LogP contribution in [0, 0.1) is 0 Å². The summed E-state index contributed by atoms with van der Waals surface area (Å²) < 4.78 is 42.6. The number of carboxylic acids is 1. The predicted molar refractivity (Wildman–Crippen MR) is 155 cm³/mol. The van der Waals surface area contributed by atoms with Gasteiger partial charge in [0.25, 0.3) is 0 Å². The van der Waals surface area contributed by atoms with Crippen LogP contribution in [-0.2, 0) is 23.1 Å². The molecule has 3 aromatic carbocycles. The molecule has 3 aromatic heterocycles. The SMILES string of the molecule is O=C(O)Cn1c(=O)n(C(c2ccccc2)(c2ccccc2)c2ccccc2)c2ncc(-c3ccc(C(F)(F)F)s3)cc21. The summed E-state index contributed by atoms with van der Waals surface area (Å²) in [6, 6.07) is 32.0. The summed E-state index contributed by atoms with van der Waals surface area (Å²) in [4.78, 5) is 30.6. The van der Waals surface area contributed by atoms with Crippen molar-refractivity contribution in [1.82, 2.24) is 14.1 Å². The molecular weight excluding hydrogens is 563 g/mol. The van der Waals surface area contributed by atoms with Crippen molar-refractivity contribution in [3.8, 4) is 10.4 Å².